The number of carboxylic acids is 1. The van der Waals surface area contributed by atoms with Crippen molar-refractivity contribution in [3.05, 3.63) is 137 Å². The lowest BCUT2D eigenvalue weighted by Gasteiger charge is -2.20. The molecule has 2 N–H and O–H groups in total. The number of benzene rings is 5. The maximum atomic E-state index is 13.9. The van der Waals surface area contributed by atoms with Gasteiger partial charge in [-0.3, -0.25) is 4.79 Å². The molecule has 6 heteroatoms. The summed E-state index contributed by atoms with van der Waals surface area (Å²) in [5, 5.41) is 12.5. The number of carboxylic acid groups (broad SMARTS) is 1. The number of rotatable bonds is 8. The number of carbonyl (C=O) groups excluding carboxylic acids is 1. The van der Waals surface area contributed by atoms with Crippen LogP contribution in [0.2, 0.25) is 0 Å². The molecule has 6 nitrogen and oxygen atoms in total. The van der Waals surface area contributed by atoms with E-state index in [4.69, 9.17) is 9.47 Å². The average Bonchev–Trinajstić information content (AvgIpc) is 3.04. The minimum absolute atomic E-state index is 0.139. The molecule has 1 aliphatic rings. The van der Waals surface area contributed by atoms with Crippen LogP contribution in [-0.4, -0.2) is 30.2 Å². The number of amides is 1. The third kappa shape index (κ3) is 6.60. The molecular weight excluding hydrogens is 562 g/mol. The van der Waals surface area contributed by atoms with Gasteiger partial charge in [-0.1, -0.05) is 72.3 Å². The van der Waals surface area contributed by atoms with Crippen LogP contribution in [-0.2, 0) is 11.2 Å². The Bertz CT molecular complexity index is 1840. The van der Waals surface area contributed by atoms with E-state index in [9.17, 15) is 14.7 Å². The normalized spacial score (nSPS) is 12.8. The summed E-state index contributed by atoms with van der Waals surface area (Å²) >= 11 is 0. The molecule has 1 atom stereocenters. The van der Waals surface area contributed by atoms with Gasteiger partial charge in [0, 0.05) is 5.69 Å². The minimum Gasteiger partial charge on any atom is -0.486 e. The van der Waals surface area contributed by atoms with Crippen LogP contribution in [0.15, 0.2) is 103 Å². The van der Waals surface area contributed by atoms with E-state index < -0.39 is 11.9 Å². The standard InChI is InChI=1S/C39H35NO5/c1-24-20-25(2)37(26(3)21-24)30-12-15-33(16-13-30)40-38(41)34(22-27-4-6-31(7-5-27)39(42)43)29-10-8-28(9-11-29)32-14-17-35-36(23-32)45-19-18-44-35/h4-17,20-21,23,34H,18-19,22H2,1-3H3,(H,40,41)(H,42,43)/t34-/m1/s1. The molecule has 0 radical (unpaired) electrons. The summed E-state index contributed by atoms with van der Waals surface area (Å²) in [6.45, 7) is 7.41. The Morgan fingerprint density at radius 2 is 1.31 bits per heavy atom. The number of aromatic carboxylic acids is 1. The van der Waals surface area contributed by atoms with Gasteiger partial charge in [-0.05, 0) is 108 Å². The third-order valence-corrected chi connectivity index (χ3v) is 8.26. The van der Waals surface area contributed by atoms with Crippen molar-refractivity contribution in [1.29, 1.82) is 0 Å². The molecule has 0 spiro atoms. The molecule has 0 aliphatic carbocycles. The van der Waals surface area contributed by atoms with Gasteiger partial charge < -0.3 is 19.9 Å². The van der Waals surface area contributed by atoms with Crippen molar-refractivity contribution in [2.45, 2.75) is 33.1 Å². The summed E-state index contributed by atoms with van der Waals surface area (Å²) in [5.41, 5.74) is 10.6. The first kappa shape index (κ1) is 29.7. The van der Waals surface area contributed by atoms with Gasteiger partial charge in [0.15, 0.2) is 11.5 Å². The predicted molar refractivity (Wildman–Crippen MR) is 177 cm³/mol. The van der Waals surface area contributed by atoms with Gasteiger partial charge in [0.25, 0.3) is 0 Å². The van der Waals surface area contributed by atoms with Crippen LogP contribution in [0.1, 0.15) is 44.1 Å². The van der Waals surface area contributed by atoms with Crippen LogP contribution < -0.4 is 14.8 Å². The molecule has 0 unspecified atom stereocenters. The van der Waals surface area contributed by atoms with E-state index in [1.54, 1.807) is 24.3 Å². The fraction of sp³-hybridized carbons (Fsp3) is 0.179. The zero-order valence-electron chi connectivity index (χ0n) is 25.6. The molecule has 1 heterocycles. The van der Waals surface area contributed by atoms with E-state index in [0.717, 1.165) is 39.3 Å². The SMILES string of the molecule is Cc1cc(C)c(-c2ccc(NC(=O)[C@H](Cc3ccc(C(=O)O)cc3)c3ccc(-c4ccc5c(c4)OCCO5)cc3)cc2)c(C)c1. The first-order valence-corrected chi connectivity index (χ1v) is 15.1. The largest absolute Gasteiger partial charge is 0.486 e. The molecule has 1 amide bonds. The first-order valence-electron chi connectivity index (χ1n) is 15.1. The van der Waals surface area contributed by atoms with E-state index in [-0.39, 0.29) is 11.5 Å². The van der Waals surface area contributed by atoms with Crippen molar-refractivity contribution in [2.24, 2.45) is 0 Å². The Hall–Kier alpha value is -5.36. The van der Waals surface area contributed by atoms with Crippen LogP contribution in [0.3, 0.4) is 0 Å². The quantitative estimate of drug-likeness (QED) is 0.188. The molecule has 45 heavy (non-hydrogen) atoms. The highest BCUT2D eigenvalue weighted by atomic mass is 16.6. The molecule has 226 valence electrons. The molecule has 6 rings (SSSR count). The lowest BCUT2D eigenvalue weighted by molar-refractivity contribution is -0.117. The number of anilines is 1. The maximum Gasteiger partial charge on any atom is 0.335 e. The second-order valence-corrected chi connectivity index (χ2v) is 11.6. The average molecular weight is 598 g/mol. The fourth-order valence-electron chi connectivity index (χ4n) is 6.10. The Balaban J connectivity index is 1.26. The van der Waals surface area contributed by atoms with Gasteiger partial charge >= 0.3 is 5.97 Å². The van der Waals surface area contributed by atoms with Gasteiger partial charge in [0.2, 0.25) is 5.91 Å². The van der Waals surface area contributed by atoms with Crippen LogP contribution in [0, 0.1) is 20.8 Å². The molecule has 0 fully saturated rings. The van der Waals surface area contributed by atoms with E-state index >= 15 is 0 Å². The summed E-state index contributed by atoms with van der Waals surface area (Å²) in [4.78, 5) is 25.3. The van der Waals surface area contributed by atoms with Crippen LogP contribution in [0.25, 0.3) is 22.3 Å². The molecule has 0 saturated heterocycles. The molecule has 5 aromatic carbocycles. The third-order valence-electron chi connectivity index (χ3n) is 8.26. The van der Waals surface area contributed by atoms with E-state index in [2.05, 4.69) is 38.2 Å². The number of hydrogen-bond acceptors (Lipinski definition) is 4. The van der Waals surface area contributed by atoms with Gasteiger partial charge in [0.1, 0.15) is 13.2 Å². The smallest absolute Gasteiger partial charge is 0.335 e. The van der Waals surface area contributed by atoms with Crippen LogP contribution in [0.5, 0.6) is 11.5 Å². The maximum absolute atomic E-state index is 13.9. The summed E-state index contributed by atoms with van der Waals surface area (Å²) < 4.78 is 11.4. The Morgan fingerprint density at radius 1 is 0.711 bits per heavy atom. The Morgan fingerprint density at radius 3 is 1.96 bits per heavy atom. The first-order chi connectivity index (χ1) is 21.7. The predicted octanol–water partition coefficient (Wildman–Crippen LogP) is 8.38. The number of fused-ring (bicyclic) bond motifs is 1. The number of ether oxygens (including phenoxy) is 2. The van der Waals surface area contributed by atoms with Crippen molar-refractivity contribution >= 4 is 17.6 Å². The highest BCUT2D eigenvalue weighted by Crippen LogP contribution is 2.35. The zero-order chi connectivity index (χ0) is 31.5. The molecule has 5 aromatic rings. The van der Waals surface area contributed by atoms with Crippen molar-refractivity contribution in [3.63, 3.8) is 0 Å². The summed E-state index contributed by atoms with van der Waals surface area (Å²) in [6.07, 6.45) is 0.412. The molecule has 0 aromatic heterocycles. The number of nitrogens with one attached hydrogen (secondary N) is 1. The topological polar surface area (TPSA) is 84.9 Å². The van der Waals surface area contributed by atoms with Gasteiger partial charge in [-0.2, -0.15) is 0 Å². The van der Waals surface area contributed by atoms with Crippen LogP contribution >= 0.6 is 0 Å². The highest BCUT2D eigenvalue weighted by molar-refractivity contribution is 5.96. The Labute approximate surface area is 263 Å². The lowest BCUT2D eigenvalue weighted by Crippen LogP contribution is -2.23. The van der Waals surface area contributed by atoms with E-state index in [1.807, 2.05) is 66.7 Å². The van der Waals surface area contributed by atoms with Crippen molar-refractivity contribution in [2.75, 3.05) is 18.5 Å². The van der Waals surface area contributed by atoms with Crippen molar-refractivity contribution < 1.29 is 24.2 Å². The molecule has 0 bridgehead atoms. The van der Waals surface area contributed by atoms with Gasteiger partial charge in [-0.25, -0.2) is 4.79 Å². The van der Waals surface area contributed by atoms with Gasteiger partial charge in [-0.15, -0.1) is 0 Å². The van der Waals surface area contributed by atoms with Crippen LogP contribution in [0.4, 0.5) is 5.69 Å². The van der Waals surface area contributed by atoms with Gasteiger partial charge in [0.05, 0.1) is 11.5 Å². The molecular formula is C39H35NO5. The summed E-state index contributed by atoms with van der Waals surface area (Å²) in [6, 6.07) is 32.9. The number of aryl methyl sites for hydroxylation is 3. The zero-order valence-corrected chi connectivity index (χ0v) is 25.6. The summed E-state index contributed by atoms with van der Waals surface area (Å²) in [5.74, 6) is -0.158. The highest BCUT2D eigenvalue weighted by Gasteiger charge is 2.22. The minimum atomic E-state index is -0.981. The van der Waals surface area contributed by atoms with Crippen molar-refractivity contribution in [1.82, 2.24) is 0 Å². The second-order valence-electron chi connectivity index (χ2n) is 11.6. The lowest BCUT2D eigenvalue weighted by atomic mass is 9.89. The summed E-state index contributed by atoms with van der Waals surface area (Å²) in [7, 11) is 0. The second kappa shape index (κ2) is 12.7. The molecule has 1 aliphatic heterocycles. The Kier molecular flexibility index (Phi) is 8.39. The van der Waals surface area contributed by atoms with E-state index in [0.29, 0.717) is 25.3 Å². The number of hydrogen-bond donors (Lipinski definition) is 2. The number of carbonyl (C=O) groups is 2. The monoisotopic (exact) mass is 597 g/mol. The fourth-order valence-corrected chi connectivity index (χ4v) is 6.10. The van der Waals surface area contributed by atoms with Crippen molar-refractivity contribution in [3.8, 4) is 33.8 Å². The van der Waals surface area contributed by atoms with E-state index in [1.165, 1.54) is 22.3 Å². The molecule has 0 saturated carbocycles.